The van der Waals surface area contributed by atoms with Gasteiger partial charge in [0.15, 0.2) is 0 Å². The van der Waals surface area contributed by atoms with Crippen molar-refractivity contribution < 1.29 is 9.72 Å². The molecule has 0 aliphatic rings. The van der Waals surface area contributed by atoms with Crippen LogP contribution >= 0.6 is 0 Å². The van der Waals surface area contributed by atoms with Gasteiger partial charge in [-0.05, 0) is 36.8 Å². The van der Waals surface area contributed by atoms with Crippen molar-refractivity contribution in [3.05, 3.63) is 106 Å². The van der Waals surface area contributed by atoms with Crippen molar-refractivity contribution >= 4 is 28.2 Å². The first-order valence-electron chi connectivity index (χ1n) is 9.57. The van der Waals surface area contributed by atoms with E-state index in [9.17, 15) is 14.9 Å². The minimum absolute atomic E-state index is 0.00252. The van der Waals surface area contributed by atoms with Gasteiger partial charge in [0, 0.05) is 23.1 Å². The maximum Gasteiger partial charge on any atom is 0.272 e. The topological polar surface area (TPSA) is 97.5 Å². The highest BCUT2D eigenvalue weighted by Crippen LogP contribution is 2.24. The first-order valence-corrected chi connectivity index (χ1v) is 9.57. The number of hydrogen-bond donors (Lipinski definition) is 1. The van der Waals surface area contributed by atoms with E-state index in [1.807, 2.05) is 54.6 Å². The first kappa shape index (κ1) is 19.9. The second-order valence-corrected chi connectivity index (χ2v) is 6.88. The molecule has 0 spiro atoms. The van der Waals surface area contributed by atoms with Crippen LogP contribution < -0.4 is 5.43 Å². The second-order valence-electron chi connectivity index (χ2n) is 6.88. The Morgan fingerprint density at radius 1 is 0.968 bits per heavy atom. The number of non-ortho nitro benzene ring substituents is 1. The van der Waals surface area contributed by atoms with E-state index in [1.165, 1.54) is 12.1 Å². The maximum atomic E-state index is 13.0. The van der Waals surface area contributed by atoms with Gasteiger partial charge in [-0.1, -0.05) is 48.5 Å². The molecule has 3 aromatic carbocycles. The summed E-state index contributed by atoms with van der Waals surface area (Å²) in [7, 11) is 0. The SMILES string of the molecule is C/C(=N\NC(=O)c1cc(-c2ccccc2)nc2ccccc12)c1ccc([N+](=O)[O-])cc1. The van der Waals surface area contributed by atoms with E-state index in [0.717, 1.165) is 10.9 Å². The zero-order valence-electron chi connectivity index (χ0n) is 16.6. The molecule has 0 aliphatic carbocycles. The van der Waals surface area contributed by atoms with Crippen LogP contribution in [0.25, 0.3) is 22.2 Å². The van der Waals surface area contributed by atoms with Crippen LogP contribution in [0.2, 0.25) is 0 Å². The van der Waals surface area contributed by atoms with Gasteiger partial charge in [-0.2, -0.15) is 5.10 Å². The highest BCUT2D eigenvalue weighted by molar-refractivity contribution is 6.08. The number of rotatable bonds is 5. The third-order valence-electron chi connectivity index (χ3n) is 4.85. The third kappa shape index (κ3) is 4.30. The number of aromatic nitrogens is 1. The highest BCUT2D eigenvalue weighted by atomic mass is 16.6. The molecule has 0 unspecified atom stereocenters. The summed E-state index contributed by atoms with van der Waals surface area (Å²) < 4.78 is 0. The average molecular weight is 410 g/mol. The van der Waals surface area contributed by atoms with Gasteiger partial charge in [0.05, 0.1) is 27.4 Å². The standard InChI is InChI=1S/C24H18N4O3/c1-16(17-11-13-19(14-12-17)28(30)31)26-27-24(29)21-15-23(18-7-3-2-4-8-18)25-22-10-6-5-9-20(21)22/h2-15H,1H3,(H,27,29)/b26-16+. The summed E-state index contributed by atoms with van der Waals surface area (Å²) >= 11 is 0. The van der Waals surface area contributed by atoms with Crippen molar-refractivity contribution in [1.29, 1.82) is 0 Å². The maximum absolute atomic E-state index is 13.0. The van der Waals surface area contributed by atoms with Gasteiger partial charge in [0.2, 0.25) is 0 Å². The Balaban J connectivity index is 1.65. The number of nitrogens with one attached hydrogen (secondary N) is 1. The molecule has 0 saturated carbocycles. The number of hydrogen-bond acceptors (Lipinski definition) is 5. The molecule has 0 atom stereocenters. The normalized spacial score (nSPS) is 11.3. The zero-order chi connectivity index (χ0) is 21.8. The molecular formula is C24H18N4O3. The molecule has 7 heteroatoms. The van der Waals surface area contributed by atoms with Gasteiger partial charge in [0.25, 0.3) is 11.6 Å². The molecule has 0 aliphatic heterocycles. The minimum Gasteiger partial charge on any atom is -0.267 e. The summed E-state index contributed by atoms with van der Waals surface area (Å²) in [6.07, 6.45) is 0. The molecule has 152 valence electrons. The number of fused-ring (bicyclic) bond motifs is 1. The van der Waals surface area contributed by atoms with Crippen LogP contribution in [0.4, 0.5) is 5.69 Å². The predicted molar refractivity (Wildman–Crippen MR) is 120 cm³/mol. The number of benzene rings is 3. The van der Waals surface area contributed by atoms with E-state index >= 15 is 0 Å². The van der Waals surface area contributed by atoms with Gasteiger partial charge in [-0.15, -0.1) is 0 Å². The number of para-hydroxylation sites is 1. The highest BCUT2D eigenvalue weighted by Gasteiger charge is 2.14. The lowest BCUT2D eigenvalue weighted by molar-refractivity contribution is -0.384. The molecule has 31 heavy (non-hydrogen) atoms. The Morgan fingerprint density at radius 3 is 2.35 bits per heavy atom. The van der Waals surface area contributed by atoms with Crippen LogP contribution in [0.5, 0.6) is 0 Å². The van der Waals surface area contributed by atoms with E-state index < -0.39 is 4.92 Å². The Morgan fingerprint density at radius 2 is 1.65 bits per heavy atom. The molecule has 0 radical (unpaired) electrons. The minimum atomic E-state index is -0.461. The predicted octanol–water partition coefficient (Wildman–Crippen LogP) is 4.96. The summed E-state index contributed by atoms with van der Waals surface area (Å²) in [6.45, 7) is 1.72. The lowest BCUT2D eigenvalue weighted by Crippen LogP contribution is -2.20. The van der Waals surface area contributed by atoms with Crippen LogP contribution in [-0.4, -0.2) is 21.5 Å². The molecule has 4 rings (SSSR count). The number of carbonyl (C=O) groups excluding carboxylic acids is 1. The summed E-state index contributed by atoms with van der Waals surface area (Å²) in [5.74, 6) is -0.364. The van der Waals surface area contributed by atoms with Crippen molar-refractivity contribution in [3.63, 3.8) is 0 Å². The van der Waals surface area contributed by atoms with Crippen LogP contribution in [0.15, 0.2) is 90.0 Å². The van der Waals surface area contributed by atoms with Gasteiger partial charge < -0.3 is 0 Å². The number of carbonyl (C=O) groups is 1. The molecule has 0 fully saturated rings. The van der Waals surface area contributed by atoms with E-state index in [0.29, 0.717) is 28.0 Å². The Labute approximate surface area is 178 Å². The van der Waals surface area contributed by atoms with Gasteiger partial charge in [-0.25, -0.2) is 10.4 Å². The molecule has 1 N–H and O–H groups in total. The van der Waals surface area contributed by atoms with E-state index in [4.69, 9.17) is 0 Å². The number of amides is 1. The molecule has 0 bridgehead atoms. The molecule has 0 saturated heterocycles. The molecule has 4 aromatic rings. The molecule has 1 amide bonds. The van der Waals surface area contributed by atoms with Crippen molar-refractivity contribution in [1.82, 2.24) is 10.4 Å². The lowest BCUT2D eigenvalue weighted by Gasteiger charge is -2.09. The van der Waals surface area contributed by atoms with Crippen LogP contribution in [-0.2, 0) is 0 Å². The van der Waals surface area contributed by atoms with Crippen molar-refractivity contribution in [2.75, 3.05) is 0 Å². The number of nitro benzene ring substituents is 1. The Hall–Kier alpha value is -4.39. The monoisotopic (exact) mass is 410 g/mol. The Kier molecular flexibility index (Phi) is 5.49. The molecular weight excluding hydrogens is 392 g/mol. The molecule has 7 nitrogen and oxygen atoms in total. The van der Waals surface area contributed by atoms with Gasteiger partial charge in [0.1, 0.15) is 0 Å². The largest absolute Gasteiger partial charge is 0.272 e. The summed E-state index contributed by atoms with van der Waals surface area (Å²) in [6, 6.07) is 24.8. The van der Waals surface area contributed by atoms with E-state index in [2.05, 4.69) is 15.5 Å². The lowest BCUT2D eigenvalue weighted by atomic mass is 10.0. The van der Waals surface area contributed by atoms with Crippen LogP contribution in [0, 0.1) is 10.1 Å². The number of nitrogens with zero attached hydrogens (tertiary/aromatic N) is 3. The summed E-state index contributed by atoms with van der Waals surface area (Å²) in [5, 5.41) is 15.7. The second kappa shape index (κ2) is 8.54. The fourth-order valence-corrected chi connectivity index (χ4v) is 3.20. The summed E-state index contributed by atoms with van der Waals surface area (Å²) in [5.41, 5.74) is 6.58. The van der Waals surface area contributed by atoms with Crippen molar-refractivity contribution in [3.8, 4) is 11.3 Å². The van der Waals surface area contributed by atoms with Gasteiger partial charge >= 0.3 is 0 Å². The Bertz CT molecular complexity index is 1300. The molecule has 1 heterocycles. The van der Waals surface area contributed by atoms with E-state index in [-0.39, 0.29) is 11.6 Å². The smallest absolute Gasteiger partial charge is 0.267 e. The van der Waals surface area contributed by atoms with E-state index in [1.54, 1.807) is 25.1 Å². The number of nitro groups is 1. The fraction of sp³-hybridized carbons (Fsp3) is 0.0417. The van der Waals surface area contributed by atoms with Crippen LogP contribution in [0.1, 0.15) is 22.8 Å². The van der Waals surface area contributed by atoms with Crippen molar-refractivity contribution in [2.45, 2.75) is 6.92 Å². The zero-order valence-corrected chi connectivity index (χ0v) is 16.6. The third-order valence-corrected chi connectivity index (χ3v) is 4.85. The first-order chi connectivity index (χ1) is 15.0. The molecule has 1 aromatic heterocycles. The fourth-order valence-electron chi connectivity index (χ4n) is 3.20. The summed E-state index contributed by atoms with van der Waals surface area (Å²) in [4.78, 5) is 28.0. The van der Waals surface area contributed by atoms with Crippen molar-refractivity contribution in [2.24, 2.45) is 5.10 Å². The average Bonchev–Trinajstić information content (AvgIpc) is 2.82. The number of pyridine rings is 1. The van der Waals surface area contributed by atoms with Crippen LogP contribution in [0.3, 0.4) is 0 Å². The quantitative estimate of drug-likeness (QED) is 0.285. The van der Waals surface area contributed by atoms with Gasteiger partial charge in [-0.3, -0.25) is 14.9 Å². The number of hydrazone groups is 1.